The molecule has 0 saturated heterocycles. The number of ether oxygens (including phenoxy) is 2. The van der Waals surface area contributed by atoms with Crippen molar-refractivity contribution in [2.45, 2.75) is 0 Å². The van der Waals surface area contributed by atoms with E-state index in [1.165, 1.54) is 6.21 Å². The van der Waals surface area contributed by atoms with Crippen molar-refractivity contribution in [1.82, 2.24) is 5.43 Å². The highest BCUT2D eigenvalue weighted by atomic mass is 35.5. The molecule has 0 aliphatic carbocycles. The average Bonchev–Trinajstić information content (AvgIpc) is 3.17. The molecule has 0 bridgehead atoms. The summed E-state index contributed by atoms with van der Waals surface area (Å²) in [6, 6.07) is 15.5. The number of furan rings is 1. The molecule has 2 aromatic carbocycles. The third-order valence-corrected chi connectivity index (χ3v) is 4.18. The van der Waals surface area contributed by atoms with Crippen molar-refractivity contribution in [3.05, 3.63) is 70.4 Å². The predicted molar refractivity (Wildman–Crippen MR) is 108 cm³/mol. The van der Waals surface area contributed by atoms with Crippen LogP contribution in [0.2, 0.25) is 10.0 Å². The van der Waals surface area contributed by atoms with Gasteiger partial charge in [-0.3, -0.25) is 4.79 Å². The van der Waals surface area contributed by atoms with E-state index in [1.54, 1.807) is 61.7 Å². The van der Waals surface area contributed by atoms with Crippen LogP contribution in [0, 0.1) is 0 Å². The normalized spacial score (nSPS) is 10.8. The third-order valence-electron chi connectivity index (χ3n) is 3.61. The van der Waals surface area contributed by atoms with Gasteiger partial charge in [-0.2, -0.15) is 5.10 Å². The van der Waals surface area contributed by atoms with E-state index in [1.807, 2.05) is 0 Å². The van der Waals surface area contributed by atoms with Crippen LogP contribution < -0.4 is 14.9 Å². The molecule has 0 aliphatic rings. The molecule has 0 aliphatic heterocycles. The Kier molecular flexibility index (Phi) is 6.57. The van der Waals surface area contributed by atoms with Crippen molar-refractivity contribution < 1.29 is 18.7 Å². The molecule has 3 aromatic rings. The molecule has 0 atom stereocenters. The first-order chi connectivity index (χ1) is 13.5. The summed E-state index contributed by atoms with van der Waals surface area (Å²) in [4.78, 5) is 11.8. The standard InChI is InChI=1S/C20H16Cl2N2O4/c1-26-14-3-2-4-15(10-14)27-12-20(25)24-23-11-16-6-8-19(28-16)17-9-13(21)5-7-18(17)22/h2-11H,12H2,1H3,(H,24,25). The van der Waals surface area contributed by atoms with E-state index >= 15 is 0 Å². The van der Waals surface area contributed by atoms with Gasteiger partial charge in [0.15, 0.2) is 6.61 Å². The number of rotatable bonds is 7. The van der Waals surface area contributed by atoms with Crippen LogP contribution >= 0.6 is 23.2 Å². The Balaban J connectivity index is 1.54. The Bertz CT molecular complexity index is 1000. The Hall–Kier alpha value is -2.96. The van der Waals surface area contributed by atoms with Gasteiger partial charge in [-0.15, -0.1) is 0 Å². The van der Waals surface area contributed by atoms with E-state index < -0.39 is 5.91 Å². The second-order valence-corrected chi connectivity index (χ2v) is 6.43. The maximum atomic E-state index is 11.8. The van der Waals surface area contributed by atoms with Gasteiger partial charge in [-0.25, -0.2) is 5.43 Å². The Morgan fingerprint density at radius 1 is 1.14 bits per heavy atom. The molecule has 0 fully saturated rings. The van der Waals surface area contributed by atoms with Crippen molar-refractivity contribution >= 4 is 35.3 Å². The molecule has 1 N–H and O–H groups in total. The van der Waals surface area contributed by atoms with E-state index in [-0.39, 0.29) is 6.61 Å². The smallest absolute Gasteiger partial charge is 0.277 e. The maximum absolute atomic E-state index is 11.8. The lowest BCUT2D eigenvalue weighted by Gasteiger charge is -2.06. The summed E-state index contributed by atoms with van der Waals surface area (Å²) in [6.07, 6.45) is 1.38. The van der Waals surface area contributed by atoms with E-state index in [4.69, 9.17) is 37.1 Å². The molecule has 0 radical (unpaired) electrons. The van der Waals surface area contributed by atoms with Gasteiger partial charge in [-0.05, 0) is 42.5 Å². The number of halogens is 2. The third kappa shape index (κ3) is 5.28. The molecule has 1 amide bonds. The highest BCUT2D eigenvalue weighted by molar-refractivity contribution is 6.35. The quantitative estimate of drug-likeness (QED) is 0.442. The second-order valence-electron chi connectivity index (χ2n) is 5.59. The molecule has 8 heteroatoms. The van der Waals surface area contributed by atoms with E-state index in [0.29, 0.717) is 38.6 Å². The fraction of sp³-hybridized carbons (Fsp3) is 0.100. The lowest BCUT2D eigenvalue weighted by Crippen LogP contribution is -2.24. The lowest BCUT2D eigenvalue weighted by atomic mass is 10.2. The van der Waals surface area contributed by atoms with Crippen LogP contribution in [0.25, 0.3) is 11.3 Å². The maximum Gasteiger partial charge on any atom is 0.277 e. The number of amides is 1. The zero-order chi connectivity index (χ0) is 19.9. The molecular formula is C20H16Cl2N2O4. The monoisotopic (exact) mass is 418 g/mol. The van der Waals surface area contributed by atoms with E-state index in [9.17, 15) is 4.79 Å². The summed E-state index contributed by atoms with van der Waals surface area (Å²) in [5, 5.41) is 4.92. The molecule has 0 saturated carbocycles. The number of hydrogen-bond acceptors (Lipinski definition) is 5. The molecule has 144 valence electrons. The zero-order valence-corrected chi connectivity index (χ0v) is 16.3. The average molecular weight is 419 g/mol. The van der Waals surface area contributed by atoms with Gasteiger partial charge in [0.1, 0.15) is 23.0 Å². The molecule has 1 aromatic heterocycles. The summed E-state index contributed by atoms with van der Waals surface area (Å²) in [5.41, 5.74) is 3.04. The van der Waals surface area contributed by atoms with E-state index in [0.717, 1.165) is 0 Å². The predicted octanol–water partition coefficient (Wildman–Crippen LogP) is 4.79. The SMILES string of the molecule is COc1cccc(OCC(=O)NN=Cc2ccc(-c3cc(Cl)ccc3Cl)o2)c1. The van der Waals surface area contributed by atoms with Gasteiger partial charge in [-0.1, -0.05) is 29.3 Å². The molecule has 0 spiro atoms. The minimum Gasteiger partial charge on any atom is -0.497 e. The van der Waals surface area contributed by atoms with Crippen molar-refractivity contribution in [3.8, 4) is 22.8 Å². The Morgan fingerprint density at radius 2 is 1.96 bits per heavy atom. The molecule has 1 heterocycles. The minimum atomic E-state index is -0.413. The molecule has 28 heavy (non-hydrogen) atoms. The molecule has 3 rings (SSSR count). The molecular weight excluding hydrogens is 403 g/mol. The van der Waals surface area contributed by atoms with Gasteiger partial charge >= 0.3 is 0 Å². The number of methoxy groups -OCH3 is 1. The first kappa shape index (κ1) is 19.8. The Labute approximate surface area is 171 Å². The van der Waals surface area contributed by atoms with Crippen LogP contribution in [0.3, 0.4) is 0 Å². The fourth-order valence-electron chi connectivity index (χ4n) is 2.29. The number of carbonyl (C=O) groups is 1. The number of nitrogens with one attached hydrogen (secondary N) is 1. The van der Waals surface area contributed by atoms with Crippen molar-refractivity contribution in [1.29, 1.82) is 0 Å². The fourth-order valence-corrected chi connectivity index (χ4v) is 2.68. The minimum absolute atomic E-state index is 0.188. The summed E-state index contributed by atoms with van der Waals surface area (Å²) in [6.45, 7) is -0.188. The van der Waals surface area contributed by atoms with E-state index in [2.05, 4.69) is 10.5 Å². The number of hydrogen-bond donors (Lipinski definition) is 1. The van der Waals surface area contributed by atoms with Gasteiger partial charge in [0.2, 0.25) is 0 Å². The first-order valence-corrected chi connectivity index (χ1v) is 8.95. The number of carbonyl (C=O) groups excluding carboxylic acids is 1. The van der Waals surface area contributed by atoms with Gasteiger partial charge < -0.3 is 13.9 Å². The zero-order valence-electron chi connectivity index (χ0n) is 14.8. The van der Waals surface area contributed by atoms with Crippen LogP contribution in [-0.2, 0) is 4.79 Å². The summed E-state index contributed by atoms with van der Waals surface area (Å²) >= 11 is 12.1. The summed E-state index contributed by atoms with van der Waals surface area (Å²) in [7, 11) is 1.56. The highest BCUT2D eigenvalue weighted by Crippen LogP contribution is 2.31. The highest BCUT2D eigenvalue weighted by Gasteiger charge is 2.09. The van der Waals surface area contributed by atoms with Crippen LogP contribution in [0.15, 0.2) is 64.1 Å². The number of benzene rings is 2. The lowest BCUT2D eigenvalue weighted by molar-refractivity contribution is -0.123. The largest absolute Gasteiger partial charge is 0.497 e. The van der Waals surface area contributed by atoms with Crippen LogP contribution in [-0.4, -0.2) is 25.8 Å². The molecule has 6 nitrogen and oxygen atoms in total. The topological polar surface area (TPSA) is 73.1 Å². The van der Waals surface area contributed by atoms with Gasteiger partial charge in [0, 0.05) is 16.7 Å². The summed E-state index contributed by atoms with van der Waals surface area (Å²) in [5.74, 6) is 1.74. The number of hydrazone groups is 1. The van der Waals surface area contributed by atoms with Gasteiger partial charge in [0.25, 0.3) is 5.91 Å². The van der Waals surface area contributed by atoms with Crippen LogP contribution in [0.1, 0.15) is 5.76 Å². The summed E-state index contributed by atoms with van der Waals surface area (Å²) < 4.78 is 16.1. The van der Waals surface area contributed by atoms with Gasteiger partial charge in [0.05, 0.1) is 18.3 Å². The number of nitrogens with zero attached hydrogens (tertiary/aromatic N) is 1. The van der Waals surface area contributed by atoms with Crippen LogP contribution in [0.5, 0.6) is 11.5 Å². The van der Waals surface area contributed by atoms with Crippen LogP contribution in [0.4, 0.5) is 0 Å². The van der Waals surface area contributed by atoms with Crippen molar-refractivity contribution in [3.63, 3.8) is 0 Å². The van der Waals surface area contributed by atoms with Crippen molar-refractivity contribution in [2.24, 2.45) is 5.10 Å². The molecule has 0 unspecified atom stereocenters. The van der Waals surface area contributed by atoms with Crippen molar-refractivity contribution in [2.75, 3.05) is 13.7 Å². The Morgan fingerprint density at radius 3 is 2.79 bits per heavy atom. The first-order valence-electron chi connectivity index (χ1n) is 8.19. The second kappa shape index (κ2) is 9.30.